The number of likely N-dealkylation sites (N-methyl/N-ethyl adjacent to an activating group) is 1. The zero-order chi connectivity index (χ0) is 28.6. The molecule has 2 unspecified atom stereocenters. The molecular weight excluding hydrogens is 522 g/mol. The van der Waals surface area contributed by atoms with Crippen LogP contribution in [0.3, 0.4) is 0 Å². The molecule has 2 heterocycles. The van der Waals surface area contributed by atoms with E-state index in [1.54, 1.807) is 7.11 Å². The molecule has 0 amide bonds. The van der Waals surface area contributed by atoms with E-state index in [0.717, 1.165) is 61.2 Å². The smallest absolute Gasteiger partial charge is 0.310 e. The first kappa shape index (κ1) is 32.1. The fraction of sp³-hybridized carbons (Fsp3) is 0.656. The summed E-state index contributed by atoms with van der Waals surface area (Å²) in [5, 5.41) is 0. The lowest BCUT2D eigenvalue weighted by molar-refractivity contribution is -0.953. The van der Waals surface area contributed by atoms with Crippen molar-refractivity contribution in [3.8, 4) is 11.6 Å². The van der Waals surface area contributed by atoms with Crippen LogP contribution in [0, 0.1) is 0 Å². The van der Waals surface area contributed by atoms with Crippen molar-refractivity contribution < 1.29 is 23.5 Å². The average molecular weight is 573 g/mol. The number of aromatic nitrogens is 2. The first-order chi connectivity index (χ1) is 19.5. The minimum atomic E-state index is -0.420. The van der Waals surface area contributed by atoms with Crippen molar-refractivity contribution in [2.24, 2.45) is 0 Å². The van der Waals surface area contributed by atoms with Crippen LogP contribution in [0.1, 0.15) is 115 Å². The van der Waals surface area contributed by atoms with Crippen molar-refractivity contribution in [2.75, 3.05) is 33.9 Å². The van der Waals surface area contributed by atoms with E-state index in [-0.39, 0.29) is 5.97 Å². The van der Waals surface area contributed by atoms with Crippen LogP contribution in [0.4, 0.5) is 0 Å². The van der Waals surface area contributed by atoms with E-state index in [9.17, 15) is 4.79 Å². The summed E-state index contributed by atoms with van der Waals surface area (Å²) in [6.45, 7) is 6.63. The maximum Gasteiger partial charge on any atom is 0.310 e. The van der Waals surface area contributed by atoms with Gasteiger partial charge in [0.25, 0.3) is 12.1 Å². The van der Waals surface area contributed by atoms with Gasteiger partial charge in [-0.15, -0.1) is 4.37 Å². The Morgan fingerprint density at radius 2 is 1.62 bits per heavy atom. The molecule has 2 aromatic rings. The monoisotopic (exact) mass is 572 g/mol. The summed E-state index contributed by atoms with van der Waals surface area (Å²) in [4.78, 5) is 13.1. The Labute approximate surface area is 245 Å². The Morgan fingerprint density at radius 3 is 2.33 bits per heavy atom. The summed E-state index contributed by atoms with van der Waals surface area (Å²) >= 11 is 1.19. The third-order valence-electron chi connectivity index (χ3n) is 7.76. The number of ether oxygens (including phenoxy) is 3. The molecule has 0 saturated heterocycles. The summed E-state index contributed by atoms with van der Waals surface area (Å²) in [5.41, 5.74) is 2.90. The molecule has 40 heavy (non-hydrogen) atoms. The van der Waals surface area contributed by atoms with E-state index in [1.165, 1.54) is 56.7 Å². The van der Waals surface area contributed by atoms with Gasteiger partial charge in [0.05, 0.1) is 44.6 Å². The molecule has 8 heteroatoms. The minimum absolute atomic E-state index is 0.128. The van der Waals surface area contributed by atoms with E-state index in [1.807, 2.05) is 24.3 Å². The fourth-order valence-electron chi connectivity index (χ4n) is 5.34. The van der Waals surface area contributed by atoms with Crippen molar-refractivity contribution in [3.63, 3.8) is 0 Å². The largest absolute Gasteiger partial charge is 0.497 e. The lowest BCUT2D eigenvalue weighted by Gasteiger charge is -2.42. The van der Waals surface area contributed by atoms with Crippen LogP contribution in [-0.4, -0.2) is 53.1 Å². The van der Waals surface area contributed by atoms with Gasteiger partial charge in [-0.25, -0.2) is 0 Å². The molecule has 3 rings (SSSR count). The molecule has 0 spiro atoms. The Balaban J connectivity index is 1.69. The molecule has 222 valence electrons. The molecule has 0 N–H and O–H groups in total. The van der Waals surface area contributed by atoms with Gasteiger partial charge in [0.1, 0.15) is 18.0 Å². The Morgan fingerprint density at radius 1 is 0.950 bits per heavy atom. The second kappa shape index (κ2) is 17.4. The molecule has 1 aliphatic heterocycles. The van der Waals surface area contributed by atoms with Gasteiger partial charge in [-0.1, -0.05) is 77.7 Å². The number of rotatable bonds is 19. The number of unbranched alkanes of at least 4 members (excludes halogenated alkanes) is 9. The normalized spacial score (nSPS) is 17.8. The molecule has 7 nitrogen and oxygen atoms in total. The number of methoxy groups -OCH3 is 1. The van der Waals surface area contributed by atoms with Gasteiger partial charge in [-0.3, -0.25) is 9.28 Å². The third-order valence-corrected chi connectivity index (χ3v) is 8.27. The molecule has 1 aromatic carbocycles. The van der Waals surface area contributed by atoms with E-state index in [4.69, 9.17) is 14.2 Å². The van der Waals surface area contributed by atoms with Gasteiger partial charge < -0.3 is 14.2 Å². The Hall–Kier alpha value is -2.45. The summed E-state index contributed by atoms with van der Waals surface area (Å²) in [6.07, 6.45) is 15.9. The number of nitrogens with zero attached hydrogens (tertiary/aromatic N) is 3. The summed E-state index contributed by atoms with van der Waals surface area (Å²) in [5.74, 6) is 1.28. The lowest BCUT2D eigenvalue weighted by atomic mass is 10.0. The highest BCUT2D eigenvalue weighted by molar-refractivity contribution is 6.99. The number of carbonyl (C=O) groups is 1. The highest BCUT2D eigenvalue weighted by Crippen LogP contribution is 2.37. The maximum atomic E-state index is 13.1. The van der Waals surface area contributed by atoms with E-state index in [0.29, 0.717) is 29.9 Å². The number of hydrogen-bond acceptors (Lipinski definition) is 7. The van der Waals surface area contributed by atoms with Crippen LogP contribution in [0.2, 0.25) is 0 Å². The highest BCUT2D eigenvalue weighted by atomic mass is 32.1. The quantitative estimate of drug-likeness (QED) is 0.0962. The van der Waals surface area contributed by atoms with Gasteiger partial charge in [0.15, 0.2) is 0 Å². The van der Waals surface area contributed by atoms with E-state index < -0.39 is 6.23 Å². The van der Waals surface area contributed by atoms with Gasteiger partial charge in [-0.2, -0.15) is 4.37 Å². The van der Waals surface area contributed by atoms with Crippen LogP contribution in [-0.2, 0) is 9.53 Å². The topological polar surface area (TPSA) is 70.5 Å². The van der Waals surface area contributed by atoms with Gasteiger partial charge >= 0.3 is 5.97 Å². The first-order valence-corrected chi connectivity index (χ1v) is 16.1. The molecule has 1 aromatic heterocycles. The zero-order valence-corrected chi connectivity index (χ0v) is 26.0. The predicted octanol–water partition coefficient (Wildman–Crippen LogP) is 8.12. The van der Waals surface area contributed by atoms with Crippen molar-refractivity contribution in [2.45, 2.75) is 104 Å². The van der Waals surface area contributed by atoms with Gasteiger partial charge in [0.2, 0.25) is 0 Å². The van der Waals surface area contributed by atoms with E-state index >= 15 is 0 Å². The average Bonchev–Trinajstić information content (AvgIpc) is 3.44. The third kappa shape index (κ3) is 9.88. The number of carbonyl (C=O) groups excluding carboxylic acids is 1. The van der Waals surface area contributed by atoms with Crippen molar-refractivity contribution in [1.82, 2.24) is 8.75 Å². The van der Waals surface area contributed by atoms with Crippen LogP contribution < -0.4 is 9.47 Å². The molecule has 2 atom stereocenters. The molecule has 0 radical (unpaired) electrons. The molecule has 1 aliphatic rings. The van der Waals surface area contributed by atoms with E-state index in [2.05, 4.69) is 35.7 Å². The van der Waals surface area contributed by atoms with Crippen LogP contribution in [0.15, 0.2) is 30.3 Å². The lowest BCUT2D eigenvalue weighted by Crippen LogP contribution is -2.51. The van der Waals surface area contributed by atoms with Crippen molar-refractivity contribution in [1.29, 1.82) is 0 Å². The second-order valence-electron chi connectivity index (χ2n) is 11.2. The summed E-state index contributed by atoms with van der Waals surface area (Å²) < 4.78 is 27.4. The number of benzene rings is 1. The Bertz CT molecular complexity index is 1040. The first-order valence-electron chi connectivity index (χ1n) is 15.3. The minimum Gasteiger partial charge on any atom is -0.497 e. The van der Waals surface area contributed by atoms with Crippen LogP contribution in [0.5, 0.6) is 11.6 Å². The van der Waals surface area contributed by atoms with Crippen molar-refractivity contribution in [3.05, 3.63) is 41.6 Å². The molecule has 0 aliphatic carbocycles. The van der Waals surface area contributed by atoms with Crippen LogP contribution in [0.25, 0.3) is 5.57 Å². The highest BCUT2D eigenvalue weighted by Gasteiger charge is 2.40. The standard InChI is InChI=1S/C32H50N3O4S/c1-5-7-9-11-12-13-14-18-29(36)39-32(26-19-21-28(37-4)22-20-26)35(3)23-16-17-27(25-35)30-31(34-40-33-30)38-24-15-10-8-6-2/h17,19-22,32H,5-16,18,23-25H2,1-4H3/q+1. The SMILES string of the molecule is CCCCCCCCCC(=O)OC(c1ccc(OC)cc1)[N+]1(C)CCC=C(c2nsnc2OCCCCCC)C1. The van der Waals surface area contributed by atoms with Gasteiger partial charge in [-0.05, 0) is 37.1 Å². The van der Waals surface area contributed by atoms with Crippen LogP contribution >= 0.6 is 11.7 Å². The maximum absolute atomic E-state index is 13.1. The zero-order valence-electron chi connectivity index (χ0n) is 25.2. The predicted molar refractivity (Wildman–Crippen MR) is 162 cm³/mol. The second-order valence-corrected chi connectivity index (χ2v) is 11.7. The van der Waals surface area contributed by atoms with Gasteiger partial charge in [0, 0.05) is 18.4 Å². The molecule has 0 saturated carbocycles. The summed E-state index contributed by atoms with van der Waals surface area (Å²) in [6, 6.07) is 7.91. The fourth-order valence-corrected chi connectivity index (χ4v) is 5.87. The number of esters is 1. The number of quaternary nitrogens is 1. The molecule has 0 fully saturated rings. The van der Waals surface area contributed by atoms with Crippen molar-refractivity contribution >= 4 is 23.3 Å². The number of hydrogen-bond donors (Lipinski definition) is 0. The Kier molecular flexibility index (Phi) is 13.9. The summed E-state index contributed by atoms with van der Waals surface area (Å²) in [7, 11) is 3.84. The molecule has 0 bridgehead atoms. The molecular formula is C32H50N3O4S+.